The molecule has 8 aromatic carbocycles. The summed E-state index contributed by atoms with van der Waals surface area (Å²) in [7, 11) is 0. The molecular formula is C43H25N3S. The molecule has 3 nitrogen and oxygen atoms in total. The van der Waals surface area contributed by atoms with Crippen molar-refractivity contribution < 1.29 is 0 Å². The van der Waals surface area contributed by atoms with Crippen LogP contribution in [0.3, 0.4) is 0 Å². The number of nitrogens with zero attached hydrogens (tertiary/aromatic N) is 3. The molecule has 0 N–H and O–H groups in total. The van der Waals surface area contributed by atoms with Gasteiger partial charge in [0, 0.05) is 36.9 Å². The van der Waals surface area contributed by atoms with Crippen LogP contribution in [-0.2, 0) is 0 Å². The lowest BCUT2D eigenvalue weighted by molar-refractivity contribution is 1.08. The fraction of sp³-hybridized carbons (Fsp3) is 0. The Balaban J connectivity index is 1.32. The molecule has 0 fully saturated rings. The molecule has 0 radical (unpaired) electrons. The Labute approximate surface area is 274 Å². The Kier molecular flexibility index (Phi) is 5.74. The first kappa shape index (κ1) is 26.3. The molecule has 0 spiro atoms. The van der Waals surface area contributed by atoms with Crippen molar-refractivity contribution in [2.75, 3.05) is 0 Å². The van der Waals surface area contributed by atoms with Gasteiger partial charge in [0.15, 0.2) is 17.5 Å². The van der Waals surface area contributed by atoms with Crippen molar-refractivity contribution in [2.45, 2.75) is 0 Å². The van der Waals surface area contributed by atoms with Gasteiger partial charge >= 0.3 is 0 Å². The van der Waals surface area contributed by atoms with Gasteiger partial charge in [-0.25, -0.2) is 15.0 Å². The normalized spacial score (nSPS) is 11.8. The molecule has 0 aliphatic heterocycles. The SMILES string of the molecule is c1ccc(-c2nc(-c3cc4c(ccc5ccc6ccccc6c54)c4ccccc34)nc(-c3cccc4c3sc3ccccc34)n2)cc1. The van der Waals surface area contributed by atoms with Crippen LogP contribution in [0.15, 0.2) is 152 Å². The summed E-state index contributed by atoms with van der Waals surface area (Å²) in [5.74, 6) is 2.01. The van der Waals surface area contributed by atoms with Crippen LogP contribution in [0.2, 0.25) is 0 Å². The molecule has 0 aliphatic rings. The third kappa shape index (κ3) is 4.09. The first-order valence-corrected chi connectivity index (χ1v) is 16.6. The van der Waals surface area contributed by atoms with E-state index < -0.39 is 0 Å². The lowest BCUT2D eigenvalue weighted by atomic mass is 9.91. The summed E-state index contributed by atoms with van der Waals surface area (Å²) in [5.41, 5.74) is 2.98. The van der Waals surface area contributed by atoms with Crippen LogP contribution in [-0.4, -0.2) is 15.0 Å². The third-order valence-electron chi connectivity index (χ3n) is 9.30. The monoisotopic (exact) mass is 615 g/mol. The zero-order valence-corrected chi connectivity index (χ0v) is 26.0. The number of hydrogen-bond acceptors (Lipinski definition) is 4. The molecule has 2 aromatic heterocycles. The molecule has 0 unspecified atom stereocenters. The summed E-state index contributed by atoms with van der Waals surface area (Å²) < 4.78 is 2.44. The van der Waals surface area contributed by atoms with Crippen molar-refractivity contribution in [3.05, 3.63) is 152 Å². The van der Waals surface area contributed by atoms with E-state index in [-0.39, 0.29) is 0 Å². The summed E-state index contributed by atoms with van der Waals surface area (Å²) in [6.07, 6.45) is 0. The second-order valence-corrected chi connectivity index (χ2v) is 13.0. The Morgan fingerprint density at radius 1 is 0.362 bits per heavy atom. The van der Waals surface area contributed by atoms with Crippen LogP contribution in [0.4, 0.5) is 0 Å². The number of thiophene rings is 1. The minimum Gasteiger partial charge on any atom is -0.208 e. The molecule has 218 valence electrons. The number of rotatable bonds is 3. The van der Waals surface area contributed by atoms with Crippen molar-refractivity contribution in [2.24, 2.45) is 0 Å². The minimum atomic E-state index is 0.663. The fourth-order valence-corrected chi connectivity index (χ4v) is 8.34. The van der Waals surface area contributed by atoms with Gasteiger partial charge in [0.2, 0.25) is 0 Å². The summed E-state index contributed by atoms with van der Waals surface area (Å²) in [6.45, 7) is 0. The third-order valence-corrected chi connectivity index (χ3v) is 10.5. The summed E-state index contributed by atoms with van der Waals surface area (Å²) in [6, 6.07) is 53.8. The highest BCUT2D eigenvalue weighted by Crippen LogP contribution is 2.42. The van der Waals surface area contributed by atoms with Gasteiger partial charge < -0.3 is 0 Å². The second-order valence-electron chi connectivity index (χ2n) is 12.0. The van der Waals surface area contributed by atoms with Crippen LogP contribution in [0.1, 0.15) is 0 Å². The van der Waals surface area contributed by atoms with Crippen molar-refractivity contribution in [1.82, 2.24) is 15.0 Å². The first-order valence-electron chi connectivity index (χ1n) is 15.8. The Morgan fingerprint density at radius 3 is 1.85 bits per heavy atom. The van der Waals surface area contributed by atoms with Crippen molar-refractivity contribution in [1.29, 1.82) is 0 Å². The van der Waals surface area contributed by atoms with Crippen LogP contribution in [0.5, 0.6) is 0 Å². The van der Waals surface area contributed by atoms with Gasteiger partial charge in [-0.3, -0.25) is 0 Å². The van der Waals surface area contributed by atoms with Gasteiger partial charge in [0.1, 0.15) is 0 Å². The molecule has 0 saturated heterocycles. The van der Waals surface area contributed by atoms with Crippen LogP contribution in [0.25, 0.3) is 97.4 Å². The highest BCUT2D eigenvalue weighted by atomic mass is 32.1. The van der Waals surface area contributed by atoms with E-state index in [1.165, 1.54) is 57.9 Å². The molecule has 10 aromatic rings. The maximum atomic E-state index is 5.30. The number of hydrogen-bond donors (Lipinski definition) is 0. The summed E-state index contributed by atoms with van der Waals surface area (Å²) in [5, 5.41) is 12.1. The summed E-state index contributed by atoms with van der Waals surface area (Å²) in [4.78, 5) is 15.6. The van der Waals surface area contributed by atoms with E-state index in [2.05, 4.69) is 133 Å². The molecule has 2 heterocycles. The zero-order chi connectivity index (χ0) is 30.9. The van der Waals surface area contributed by atoms with E-state index in [1.54, 1.807) is 11.3 Å². The summed E-state index contributed by atoms with van der Waals surface area (Å²) >= 11 is 1.79. The molecule has 0 atom stereocenters. The van der Waals surface area contributed by atoms with E-state index in [0.29, 0.717) is 17.5 Å². The standard InChI is InChI=1S/C43H25N3S/c1-2-12-28(13-3-1)41-44-42(35-19-10-18-34-33-17-8-9-20-38(33)47-40(34)35)46-43(45-41)37-25-36-32(30-15-6-7-16-31(30)37)24-23-27-22-21-26-11-4-5-14-29(26)39(27)36/h1-25H. The molecule has 0 amide bonds. The predicted molar refractivity (Wildman–Crippen MR) is 199 cm³/mol. The van der Waals surface area contributed by atoms with E-state index in [0.717, 1.165) is 22.1 Å². The average molecular weight is 616 g/mol. The predicted octanol–water partition coefficient (Wildman–Crippen LogP) is 11.9. The van der Waals surface area contributed by atoms with Gasteiger partial charge in [0.25, 0.3) is 0 Å². The van der Waals surface area contributed by atoms with Crippen molar-refractivity contribution in [3.63, 3.8) is 0 Å². The highest BCUT2D eigenvalue weighted by Gasteiger charge is 2.19. The smallest absolute Gasteiger partial charge is 0.165 e. The fourth-order valence-electron chi connectivity index (χ4n) is 7.13. The Morgan fingerprint density at radius 2 is 0.979 bits per heavy atom. The molecule has 47 heavy (non-hydrogen) atoms. The maximum absolute atomic E-state index is 5.30. The van der Waals surface area contributed by atoms with Crippen molar-refractivity contribution >= 4 is 74.6 Å². The molecule has 4 heteroatoms. The lowest BCUT2D eigenvalue weighted by Gasteiger charge is -2.15. The quantitative estimate of drug-likeness (QED) is 0.186. The minimum absolute atomic E-state index is 0.663. The van der Waals surface area contributed by atoms with Crippen LogP contribution in [0, 0.1) is 0 Å². The first-order chi connectivity index (χ1) is 23.3. The van der Waals surface area contributed by atoms with Crippen LogP contribution >= 0.6 is 11.3 Å². The Hall–Kier alpha value is -5.97. The van der Waals surface area contributed by atoms with E-state index in [1.807, 2.05) is 18.2 Å². The molecule has 0 aliphatic carbocycles. The number of fused-ring (bicyclic) bond motifs is 10. The van der Waals surface area contributed by atoms with Gasteiger partial charge in [0.05, 0.1) is 0 Å². The van der Waals surface area contributed by atoms with E-state index >= 15 is 0 Å². The van der Waals surface area contributed by atoms with Crippen molar-refractivity contribution in [3.8, 4) is 34.2 Å². The van der Waals surface area contributed by atoms with Gasteiger partial charge in [-0.1, -0.05) is 133 Å². The van der Waals surface area contributed by atoms with E-state index in [4.69, 9.17) is 15.0 Å². The van der Waals surface area contributed by atoms with Crippen LogP contribution < -0.4 is 0 Å². The Bertz CT molecular complexity index is 2850. The zero-order valence-electron chi connectivity index (χ0n) is 25.2. The van der Waals surface area contributed by atoms with Gasteiger partial charge in [-0.2, -0.15) is 0 Å². The van der Waals surface area contributed by atoms with Gasteiger partial charge in [-0.15, -0.1) is 11.3 Å². The molecule has 0 saturated carbocycles. The van der Waals surface area contributed by atoms with Gasteiger partial charge in [-0.05, 0) is 61.3 Å². The maximum Gasteiger partial charge on any atom is 0.165 e. The lowest BCUT2D eigenvalue weighted by Crippen LogP contribution is -2.01. The molecule has 0 bridgehead atoms. The topological polar surface area (TPSA) is 38.7 Å². The highest BCUT2D eigenvalue weighted by molar-refractivity contribution is 7.26. The average Bonchev–Trinajstić information content (AvgIpc) is 3.53. The number of aromatic nitrogens is 3. The molecule has 10 rings (SSSR count). The van der Waals surface area contributed by atoms with E-state index in [9.17, 15) is 0 Å². The largest absolute Gasteiger partial charge is 0.208 e. The second kappa shape index (κ2) is 10.3. The number of benzene rings is 8. The molecular weight excluding hydrogens is 591 g/mol.